The molecule has 0 aromatic carbocycles. The van der Waals surface area contributed by atoms with Crippen LogP contribution in [0, 0.1) is 17.8 Å². The van der Waals surface area contributed by atoms with Crippen LogP contribution in [-0.4, -0.2) is 22.4 Å². The van der Waals surface area contributed by atoms with E-state index in [9.17, 15) is 0 Å². The minimum absolute atomic E-state index is 0.583. The molecule has 0 bridgehead atoms. The zero-order valence-electron chi connectivity index (χ0n) is 14.3. The summed E-state index contributed by atoms with van der Waals surface area (Å²) in [6, 6.07) is 0. The van der Waals surface area contributed by atoms with E-state index >= 15 is 0 Å². The Hall–Kier alpha value is -0.410. The van der Waals surface area contributed by atoms with Crippen LogP contribution in [0.25, 0.3) is 0 Å². The highest BCUT2D eigenvalue weighted by molar-refractivity contribution is 8.39. The molecule has 0 spiro atoms. The summed E-state index contributed by atoms with van der Waals surface area (Å²) in [5, 5.41) is 0. The predicted molar refractivity (Wildman–Crippen MR) is 107 cm³/mol. The summed E-state index contributed by atoms with van der Waals surface area (Å²) >= 11 is 3.84. The summed E-state index contributed by atoms with van der Waals surface area (Å²) in [5.41, 5.74) is 0. The summed E-state index contributed by atoms with van der Waals surface area (Å²) in [4.78, 5) is 4.48. The average Bonchev–Trinajstić information content (AvgIpc) is 3.00. The van der Waals surface area contributed by atoms with Gasteiger partial charge in [-0.3, -0.25) is 4.99 Å². The van der Waals surface area contributed by atoms with Gasteiger partial charge in [-0.15, -0.1) is 6.58 Å². The van der Waals surface area contributed by atoms with Gasteiger partial charge in [0, 0.05) is 11.5 Å². The maximum Gasteiger partial charge on any atom is 0.124 e. The number of allylic oxidation sites excluding steroid dienone is 5. The number of thioether (sulfide) groups is 2. The molecule has 1 aliphatic heterocycles. The second kappa shape index (κ2) is 12.1. The SMILES string of the molecule is C=CC(C)C/C=C/C(C)C/C=C/C(C)CCSC1=NCCS1. The summed E-state index contributed by atoms with van der Waals surface area (Å²) in [5.74, 6) is 4.23. The molecular weight excluding hydrogens is 306 g/mol. The molecule has 1 nitrogen and oxygen atoms in total. The topological polar surface area (TPSA) is 12.4 Å². The molecular formula is C19H31NS2. The Morgan fingerprint density at radius 1 is 1.14 bits per heavy atom. The Morgan fingerprint density at radius 3 is 2.45 bits per heavy atom. The largest absolute Gasteiger partial charge is 0.271 e. The standard InChI is InChI=1S/C19H31NS2/c1-5-16(2)8-6-9-17(3)10-7-11-18(4)12-14-21-19-20-13-15-22-19/h5-7,9,11,16-18H,1,8,10,12-15H2,2-4H3/b9-6+,11-7+. The monoisotopic (exact) mass is 337 g/mol. The Morgan fingerprint density at radius 2 is 1.82 bits per heavy atom. The zero-order chi connectivity index (χ0) is 16.2. The molecule has 124 valence electrons. The molecule has 0 aliphatic carbocycles. The number of nitrogens with zero attached hydrogens (tertiary/aromatic N) is 1. The molecule has 1 heterocycles. The highest BCUT2D eigenvalue weighted by Crippen LogP contribution is 2.23. The van der Waals surface area contributed by atoms with Crippen molar-refractivity contribution in [1.82, 2.24) is 0 Å². The lowest BCUT2D eigenvalue weighted by Gasteiger charge is -2.07. The fraction of sp³-hybridized carbons (Fsp3) is 0.632. The summed E-state index contributed by atoms with van der Waals surface area (Å²) in [7, 11) is 0. The molecule has 22 heavy (non-hydrogen) atoms. The molecule has 3 heteroatoms. The number of aliphatic imine (C=N–C) groups is 1. The van der Waals surface area contributed by atoms with E-state index < -0.39 is 0 Å². The molecule has 0 aromatic rings. The van der Waals surface area contributed by atoms with Gasteiger partial charge in [0.05, 0.1) is 6.54 Å². The van der Waals surface area contributed by atoms with Gasteiger partial charge in [0.15, 0.2) is 0 Å². The van der Waals surface area contributed by atoms with E-state index in [4.69, 9.17) is 0 Å². The lowest BCUT2D eigenvalue weighted by molar-refractivity contribution is 0.684. The van der Waals surface area contributed by atoms with Crippen LogP contribution < -0.4 is 0 Å². The molecule has 0 fully saturated rings. The predicted octanol–water partition coefficient (Wildman–Crippen LogP) is 6.20. The van der Waals surface area contributed by atoms with Crippen molar-refractivity contribution in [1.29, 1.82) is 0 Å². The lowest BCUT2D eigenvalue weighted by atomic mass is 10.0. The second-order valence-electron chi connectivity index (χ2n) is 6.13. The maximum absolute atomic E-state index is 4.48. The normalized spacial score (nSPS) is 19.5. The number of rotatable bonds is 10. The minimum Gasteiger partial charge on any atom is -0.271 e. The van der Waals surface area contributed by atoms with Crippen molar-refractivity contribution >= 4 is 27.9 Å². The molecule has 1 rings (SSSR count). The highest BCUT2D eigenvalue weighted by Gasteiger charge is 2.07. The van der Waals surface area contributed by atoms with Crippen LogP contribution in [0.3, 0.4) is 0 Å². The lowest BCUT2D eigenvalue weighted by Crippen LogP contribution is -1.95. The van der Waals surface area contributed by atoms with Crippen LogP contribution in [0.2, 0.25) is 0 Å². The smallest absolute Gasteiger partial charge is 0.124 e. The van der Waals surface area contributed by atoms with Crippen molar-refractivity contribution in [3.8, 4) is 0 Å². The fourth-order valence-electron chi connectivity index (χ4n) is 2.06. The molecule has 0 amide bonds. The molecule has 0 N–H and O–H groups in total. The van der Waals surface area contributed by atoms with Gasteiger partial charge in [-0.25, -0.2) is 0 Å². The van der Waals surface area contributed by atoms with E-state index in [1.54, 1.807) is 0 Å². The first-order valence-electron chi connectivity index (χ1n) is 8.37. The van der Waals surface area contributed by atoms with Gasteiger partial charge in [-0.1, -0.05) is 74.7 Å². The van der Waals surface area contributed by atoms with Gasteiger partial charge in [-0.2, -0.15) is 0 Å². The maximum atomic E-state index is 4.48. The van der Waals surface area contributed by atoms with Gasteiger partial charge in [0.2, 0.25) is 0 Å². The first kappa shape index (κ1) is 19.6. The summed E-state index contributed by atoms with van der Waals surface area (Å²) in [6.07, 6.45) is 14.9. The Labute approximate surface area is 145 Å². The summed E-state index contributed by atoms with van der Waals surface area (Å²) in [6.45, 7) is 11.6. The van der Waals surface area contributed by atoms with Gasteiger partial charge in [0.1, 0.15) is 4.38 Å². The quantitative estimate of drug-likeness (QED) is 0.440. The second-order valence-corrected chi connectivity index (χ2v) is 8.55. The number of hydrogen-bond donors (Lipinski definition) is 0. The van der Waals surface area contributed by atoms with E-state index in [1.807, 2.05) is 29.6 Å². The van der Waals surface area contributed by atoms with Crippen molar-refractivity contribution in [3.05, 3.63) is 37.0 Å². The third kappa shape index (κ3) is 9.58. The molecule has 0 radical (unpaired) electrons. The van der Waals surface area contributed by atoms with Crippen LogP contribution in [0.15, 0.2) is 42.0 Å². The van der Waals surface area contributed by atoms with Crippen molar-refractivity contribution in [2.75, 3.05) is 18.1 Å². The Bertz CT molecular complexity index is 398. The van der Waals surface area contributed by atoms with Crippen LogP contribution in [0.1, 0.15) is 40.0 Å². The van der Waals surface area contributed by atoms with E-state index in [2.05, 4.69) is 56.6 Å². The Kier molecular flexibility index (Phi) is 10.8. The molecule has 0 saturated heterocycles. The van der Waals surface area contributed by atoms with Crippen molar-refractivity contribution < 1.29 is 0 Å². The van der Waals surface area contributed by atoms with E-state index in [0.717, 1.165) is 19.4 Å². The zero-order valence-corrected chi connectivity index (χ0v) is 16.0. The molecule has 3 atom stereocenters. The first-order valence-corrected chi connectivity index (χ1v) is 10.3. The van der Waals surface area contributed by atoms with Crippen molar-refractivity contribution in [2.45, 2.75) is 40.0 Å². The van der Waals surface area contributed by atoms with Gasteiger partial charge in [0.25, 0.3) is 0 Å². The summed E-state index contributed by atoms with van der Waals surface area (Å²) < 4.78 is 1.30. The van der Waals surface area contributed by atoms with E-state index in [0.29, 0.717) is 17.8 Å². The Balaban J connectivity index is 2.10. The van der Waals surface area contributed by atoms with Crippen LogP contribution >= 0.6 is 23.5 Å². The van der Waals surface area contributed by atoms with Gasteiger partial charge >= 0.3 is 0 Å². The first-order chi connectivity index (χ1) is 10.6. The molecule has 0 aromatic heterocycles. The van der Waals surface area contributed by atoms with Crippen molar-refractivity contribution in [3.63, 3.8) is 0 Å². The van der Waals surface area contributed by atoms with Gasteiger partial charge < -0.3 is 0 Å². The van der Waals surface area contributed by atoms with Crippen LogP contribution in [-0.2, 0) is 0 Å². The van der Waals surface area contributed by atoms with Crippen LogP contribution in [0.4, 0.5) is 0 Å². The van der Waals surface area contributed by atoms with Crippen LogP contribution in [0.5, 0.6) is 0 Å². The molecule has 0 saturated carbocycles. The number of hydrogen-bond acceptors (Lipinski definition) is 3. The molecule has 3 unspecified atom stereocenters. The van der Waals surface area contributed by atoms with Gasteiger partial charge in [-0.05, 0) is 37.0 Å². The molecule has 1 aliphatic rings. The minimum atomic E-state index is 0.583. The third-order valence-corrected chi connectivity index (χ3v) is 5.99. The third-order valence-electron chi connectivity index (χ3n) is 3.70. The van der Waals surface area contributed by atoms with Crippen molar-refractivity contribution in [2.24, 2.45) is 22.7 Å². The average molecular weight is 338 g/mol. The highest BCUT2D eigenvalue weighted by atomic mass is 32.2. The van der Waals surface area contributed by atoms with E-state index in [-0.39, 0.29) is 0 Å². The van der Waals surface area contributed by atoms with E-state index in [1.165, 1.54) is 22.3 Å². The fourth-order valence-corrected chi connectivity index (χ4v) is 4.28.